The summed E-state index contributed by atoms with van der Waals surface area (Å²) < 4.78 is 4.96. The molecule has 1 fully saturated rings. The topological polar surface area (TPSA) is 88.6 Å². The summed E-state index contributed by atoms with van der Waals surface area (Å²) in [6, 6.07) is 11.0. The van der Waals surface area contributed by atoms with E-state index < -0.39 is 5.54 Å². The lowest BCUT2D eigenvalue weighted by molar-refractivity contribution is -0.127. The summed E-state index contributed by atoms with van der Waals surface area (Å²) in [5.41, 5.74) is 6.51. The Kier molecular flexibility index (Phi) is 4.90. The molecule has 0 radical (unpaired) electrons. The van der Waals surface area contributed by atoms with Gasteiger partial charge in [0.15, 0.2) is 0 Å². The predicted octanol–water partition coefficient (Wildman–Crippen LogP) is 1.87. The highest BCUT2D eigenvalue weighted by Crippen LogP contribution is 2.20. The molecule has 1 aliphatic heterocycles. The van der Waals surface area contributed by atoms with Crippen molar-refractivity contribution in [1.82, 2.24) is 10.2 Å². The second kappa shape index (κ2) is 7.11. The van der Waals surface area contributed by atoms with Crippen LogP contribution in [0, 0.1) is 0 Å². The highest BCUT2D eigenvalue weighted by atomic mass is 16.3. The summed E-state index contributed by atoms with van der Waals surface area (Å²) in [5, 5.41) is 3.03. The molecule has 1 aromatic heterocycles. The number of nitrogens with zero attached hydrogens (tertiary/aromatic N) is 1. The molecule has 1 saturated heterocycles. The fraction of sp³-hybridized carbons (Fsp3) is 0.368. The van der Waals surface area contributed by atoms with Gasteiger partial charge in [0.1, 0.15) is 11.8 Å². The number of rotatable bonds is 4. The van der Waals surface area contributed by atoms with Crippen LogP contribution in [0.1, 0.15) is 35.7 Å². The van der Waals surface area contributed by atoms with E-state index in [0.717, 1.165) is 5.56 Å². The lowest BCUT2D eigenvalue weighted by Gasteiger charge is -2.34. The van der Waals surface area contributed by atoms with Crippen molar-refractivity contribution in [2.24, 2.45) is 5.73 Å². The number of carbonyl (C=O) groups excluding carboxylic acids is 2. The maximum Gasteiger partial charge on any atom is 0.257 e. The van der Waals surface area contributed by atoms with Crippen LogP contribution in [0.4, 0.5) is 0 Å². The van der Waals surface area contributed by atoms with E-state index >= 15 is 0 Å². The molecule has 0 spiro atoms. The number of hydrogen-bond acceptors (Lipinski definition) is 4. The maximum atomic E-state index is 12.6. The molecule has 1 unspecified atom stereocenters. The molecule has 2 aromatic rings. The lowest BCUT2D eigenvalue weighted by Crippen LogP contribution is -2.54. The Labute approximate surface area is 147 Å². The van der Waals surface area contributed by atoms with E-state index in [1.807, 2.05) is 30.3 Å². The summed E-state index contributed by atoms with van der Waals surface area (Å²) in [7, 11) is 0. The summed E-state index contributed by atoms with van der Waals surface area (Å²) >= 11 is 0. The second-order valence-corrected chi connectivity index (χ2v) is 6.62. The van der Waals surface area contributed by atoms with E-state index in [9.17, 15) is 9.59 Å². The zero-order valence-corrected chi connectivity index (χ0v) is 14.3. The van der Waals surface area contributed by atoms with Crippen LogP contribution in [0.15, 0.2) is 53.3 Å². The monoisotopic (exact) mass is 341 g/mol. The number of nitrogens with two attached hydrogens (primary N) is 1. The molecule has 3 rings (SSSR count). The summed E-state index contributed by atoms with van der Waals surface area (Å²) in [5.74, 6) is -0.232. The van der Waals surface area contributed by atoms with Crippen molar-refractivity contribution in [2.75, 3.05) is 13.1 Å². The van der Waals surface area contributed by atoms with E-state index in [2.05, 4.69) is 5.32 Å². The Hall–Kier alpha value is -2.60. The molecule has 6 nitrogen and oxygen atoms in total. The molecule has 0 aliphatic carbocycles. The van der Waals surface area contributed by atoms with Gasteiger partial charge in [-0.3, -0.25) is 9.59 Å². The number of nitrogens with one attached hydrogen (secondary N) is 1. The summed E-state index contributed by atoms with van der Waals surface area (Å²) in [4.78, 5) is 26.7. The minimum Gasteiger partial charge on any atom is -0.472 e. The third-order valence-corrected chi connectivity index (χ3v) is 4.73. The smallest absolute Gasteiger partial charge is 0.257 e. The minimum absolute atomic E-state index is 0.0208. The van der Waals surface area contributed by atoms with Gasteiger partial charge in [-0.25, -0.2) is 0 Å². The number of benzene rings is 1. The number of amides is 2. The van der Waals surface area contributed by atoms with E-state index in [4.69, 9.17) is 10.2 Å². The molecular weight excluding hydrogens is 318 g/mol. The molecule has 6 heteroatoms. The Morgan fingerprint density at radius 2 is 1.88 bits per heavy atom. The van der Waals surface area contributed by atoms with Gasteiger partial charge in [-0.2, -0.15) is 0 Å². The first-order valence-electron chi connectivity index (χ1n) is 8.45. The summed E-state index contributed by atoms with van der Waals surface area (Å²) in [6.07, 6.45) is 4.36. The molecule has 25 heavy (non-hydrogen) atoms. The van der Waals surface area contributed by atoms with E-state index in [1.165, 1.54) is 12.5 Å². The van der Waals surface area contributed by atoms with Crippen molar-refractivity contribution in [3.63, 3.8) is 0 Å². The van der Waals surface area contributed by atoms with E-state index in [0.29, 0.717) is 31.5 Å². The first-order chi connectivity index (χ1) is 12.0. The van der Waals surface area contributed by atoms with Crippen molar-refractivity contribution >= 4 is 11.8 Å². The van der Waals surface area contributed by atoms with Crippen molar-refractivity contribution in [1.29, 1.82) is 0 Å². The summed E-state index contributed by atoms with van der Waals surface area (Å²) in [6.45, 7) is 2.92. The highest BCUT2D eigenvalue weighted by Gasteiger charge is 2.33. The van der Waals surface area contributed by atoms with Gasteiger partial charge in [0.05, 0.1) is 11.8 Å². The molecule has 1 aliphatic rings. The van der Waals surface area contributed by atoms with Gasteiger partial charge in [0.2, 0.25) is 5.91 Å². The maximum absolute atomic E-state index is 12.6. The number of furan rings is 1. The molecule has 2 amide bonds. The van der Waals surface area contributed by atoms with Crippen LogP contribution < -0.4 is 11.1 Å². The van der Waals surface area contributed by atoms with E-state index in [1.54, 1.807) is 17.9 Å². The molecule has 0 bridgehead atoms. The number of hydrogen-bond donors (Lipinski definition) is 2. The molecule has 2 heterocycles. The third kappa shape index (κ3) is 3.74. The Balaban J connectivity index is 1.55. The Morgan fingerprint density at radius 1 is 1.20 bits per heavy atom. The highest BCUT2D eigenvalue weighted by molar-refractivity contribution is 5.94. The van der Waals surface area contributed by atoms with Crippen LogP contribution in [0.2, 0.25) is 0 Å². The van der Waals surface area contributed by atoms with Gasteiger partial charge in [-0.05, 0) is 31.4 Å². The second-order valence-electron chi connectivity index (χ2n) is 6.62. The van der Waals surface area contributed by atoms with Crippen LogP contribution in [0.25, 0.3) is 0 Å². The molecular formula is C19H23N3O3. The number of likely N-dealkylation sites (tertiary alicyclic amines) is 1. The first kappa shape index (κ1) is 17.2. The fourth-order valence-corrected chi connectivity index (χ4v) is 3.05. The normalized spacial score (nSPS) is 17.8. The van der Waals surface area contributed by atoms with Crippen LogP contribution in [0.5, 0.6) is 0 Å². The predicted molar refractivity (Wildman–Crippen MR) is 93.8 cm³/mol. The quantitative estimate of drug-likeness (QED) is 0.888. The van der Waals surface area contributed by atoms with E-state index in [-0.39, 0.29) is 17.9 Å². The average molecular weight is 341 g/mol. The van der Waals surface area contributed by atoms with Crippen LogP contribution >= 0.6 is 0 Å². The minimum atomic E-state index is -1.08. The molecule has 132 valence electrons. The van der Waals surface area contributed by atoms with Crippen LogP contribution in [-0.4, -0.2) is 35.8 Å². The van der Waals surface area contributed by atoms with Gasteiger partial charge in [0, 0.05) is 19.1 Å². The van der Waals surface area contributed by atoms with Crippen LogP contribution in [0.3, 0.4) is 0 Å². The van der Waals surface area contributed by atoms with Gasteiger partial charge in [0.25, 0.3) is 5.91 Å². The van der Waals surface area contributed by atoms with Crippen molar-refractivity contribution in [2.45, 2.75) is 31.3 Å². The van der Waals surface area contributed by atoms with Gasteiger partial charge >= 0.3 is 0 Å². The molecule has 3 N–H and O–H groups in total. The largest absolute Gasteiger partial charge is 0.472 e. The van der Waals surface area contributed by atoms with Gasteiger partial charge in [-0.15, -0.1) is 0 Å². The fourth-order valence-electron chi connectivity index (χ4n) is 3.05. The number of piperidine rings is 1. The number of carbonyl (C=O) groups is 2. The first-order valence-corrected chi connectivity index (χ1v) is 8.45. The van der Waals surface area contributed by atoms with Crippen molar-refractivity contribution in [3.8, 4) is 0 Å². The molecule has 1 aromatic carbocycles. The third-order valence-electron chi connectivity index (χ3n) is 4.73. The molecule has 1 atom stereocenters. The zero-order chi connectivity index (χ0) is 17.9. The Bertz CT molecular complexity index is 718. The Morgan fingerprint density at radius 3 is 2.48 bits per heavy atom. The standard InChI is InChI=1S/C19H23N3O3/c1-19(20,15-5-3-2-4-6-15)18(24)21-16-7-10-22(11-8-16)17(23)14-9-12-25-13-14/h2-6,9,12-13,16H,7-8,10-11,20H2,1H3,(H,21,24). The average Bonchev–Trinajstić information content (AvgIpc) is 3.17. The lowest BCUT2D eigenvalue weighted by atomic mass is 9.91. The SMILES string of the molecule is CC(N)(C(=O)NC1CCN(C(=O)c2ccoc2)CC1)c1ccccc1. The van der Waals surface area contributed by atoms with Gasteiger partial charge < -0.3 is 20.4 Å². The van der Waals surface area contributed by atoms with Crippen LogP contribution in [-0.2, 0) is 10.3 Å². The molecule has 0 saturated carbocycles. The van der Waals surface area contributed by atoms with Crippen molar-refractivity contribution < 1.29 is 14.0 Å². The zero-order valence-electron chi connectivity index (χ0n) is 14.3. The van der Waals surface area contributed by atoms with Crippen molar-refractivity contribution in [3.05, 3.63) is 60.1 Å². The van der Waals surface area contributed by atoms with Gasteiger partial charge in [-0.1, -0.05) is 30.3 Å².